The van der Waals surface area contributed by atoms with Crippen molar-refractivity contribution in [2.45, 2.75) is 0 Å². The predicted octanol–water partition coefficient (Wildman–Crippen LogP) is -3.47. The van der Waals surface area contributed by atoms with Gasteiger partial charge in [0.15, 0.2) is 0 Å². The van der Waals surface area contributed by atoms with Gasteiger partial charge in [0.1, 0.15) is 13.1 Å². The number of carboxylic acids is 2. The lowest BCUT2D eigenvalue weighted by Gasteiger charge is -1.95. The molecule has 18 heavy (non-hydrogen) atoms. The summed E-state index contributed by atoms with van der Waals surface area (Å²) < 4.78 is 0. The lowest BCUT2D eigenvalue weighted by atomic mass is 10.5. The summed E-state index contributed by atoms with van der Waals surface area (Å²) in [4.78, 5) is 49.2. The monoisotopic (exact) mass is 263 g/mol. The zero-order valence-corrected chi connectivity index (χ0v) is 9.21. The normalized spacial score (nSPS) is 8.28. The number of hydrogen-bond donors (Lipinski definition) is 5. The third-order valence-electron chi connectivity index (χ3n) is 1.14. The van der Waals surface area contributed by atoms with Crippen molar-refractivity contribution in [1.82, 2.24) is 10.6 Å². The maximum atomic E-state index is 10.2. The molecule has 10 nitrogen and oxygen atoms in total. The number of hydrogen-bond acceptors (Lipinski definition) is 6. The van der Waals surface area contributed by atoms with Gasteiger partial charge in [-0.05, 0) is 0 Å². The smallest absolute Gasteiger partial charge is 0.322 e. The number of nitrogens with one attached hydrogen (secondary N) is 2. The molecule has 102 valence electrons. The highest BCUT2D eigenvalue weighted by Crippen LogP contribution is 1.60. The van der Waals surface area contributed by atoms with Gasteiger partial charge in [0, 0.05) is 0 Å². The number of rotatable bonds is 6. The zero-order valence-electron chi connectivity index (χ0n) is 9.21. The second-order valence-corrected chi connectivity index (χ2v) is 2.60. The van der Waals surface area contributed by atoms with E-state index in [-0.39, 0.29) is 19.4 Å². The Hall–Kier alpha value is -2.49. The molecular formula is C8H13N3O7. The first-order valence-corrected chi connectivity index (χ1v) is 4.46. The maximum absolute atomic E-state index is 10.2. The third-order valence-corrected chi connectivity index (χ3v) is 1.14. The second kappa shape index (κ2) is 11.0. The van der Waals surface area contributed by atoms with Gasteiger partial charge in [-0.25, -0.2) is 0 Å². The van der Waals surface area contributed by atoms with Crippen molar-refractivity contribution in [1.29, 1.82) is 0 Å². The molecule has 0 aliphatic carbocycles. The Morgan fingerprint density at radius 3 is 1.78 bits per heavy atom. The van der Waals surface area contributed by atoms with Gasteiger partial charge in [-0.15, -0.1) is 0 Å². The van der Waals surface area contributed by atoms with E-state index in [9.17, 15) is 24.0 Å². The lowest BCUT2D eigenvalue weighted by Crippen LogP contribution is -2.34. The van der Waals surface area contributed by atoms with Gasteiger partial charge in [0.25, 0.3) is 5.91 Å². The molecule has 0 radical (unpaired) electrons. The van der Waals surface area contributed by atoms with Gasteiger partial charge >= 0.3 is 11.9 Å². The van der Waals surface area contributed by atoms with Crippen LogP contribution >= 0.6 is 0 Å². The number of nitrogens with two attached hydrogens (primary N) is 1. The number of carboxylic acid groups (broad SMARTS) is 2. The second-order valence-electron chi connectivity index (χ2n) is 2.60. The largest absolute Gasteiger partial charge is 0.480 e. The van der Waals surface area contributed by atoms with Crippen molar-refractivity contribution in [3.05, 3.63) is 0 Å². The van der Waals surface area contributed by atoms with Crippen molar-refractivity contribution in [3.63, 3.8) is 0 Å². The topological polar surface area (TPSA) is 176 Å². The van der Waals surface area contributed by atoms with E-state index >= 15 is 0 Å². The molecule has 0 aromatic carbocycles. The van der Waals surface area contributed by atoms with Gasteiger partial charge < -0.3 is 26.6 Å². The van der Waals surface area contributed by atoms with Crippen LogP contribution in [0.2, 0.25) is 0 Å². The highest BCUT2D eigenvalue weighted by Gasteiger charge is 1.99. The third kappa shape index (κ3) is 16.0. The van der Waals surface area contributed by atoms with Crippen LogP contribution in [0.15, 0.2) is 0 Å². The summed E-state index contributed by atoms with van der Waals surface area (Å²) in [5.41, 5.74) is 4.85. The molecular weight excluding hydrogens is 250 g/mol. The highest BCUT2D eigenvalue weighted by molar-refractivity contribution is 6.23. The van der Waals surface area contributed by atoms with Crippen molar-refractivity contribution >= 4 is 30.0 Å². The molecule has 0 atom stereocenters. The summed E-state index contributed by atoms with van der Waals surface area (Å²) >= 11 is 0. The fraction of sp³-hybridized carbons (Fsp3) is 0.375. The molecule has 0 heterocycles. The quantitative estimate of drug-likeness (QED) is 0.242. The maximum Gasteiger partial charge on any atom is 0.322 e. The van der Waals surface area contributed by atoms with Crippen molar-refractivity contribution in [2.24, 2.45) is 5.73 Å². The molecule has 0 aromatic rings. The van der Waals surface area contributed by atoms with E-state index in [0.717, 1.165) is 0 Å². The van der Waals surface area contributed by atoms with Crippen LogP contribution in [0.4, 0.5) is 0 Å². The number of carbonyl (C=O) groups excluding carboxylic acids is 3. The van der Waals surface area contributed by atoms with Crippen molar-refractivity contribution < 1.29 is 34.2 Å². The van der Waals surface area contributed by atoms with Crippen LogP contribution < -0.4 is 16.4 Å². The first-order valence-electron chi connectivity index (χ1n) is 4.46. The minimum Gasteiger partial charge on any atom is -0.480 e. The van der Waals surface area contributed by atoms with E-state index in [0.29, 0.717) is 0 Å². The fourth-order valence-corrected chi connectivity index (χ4v) is 0.451. The van der Waals surface area contributed by atoms with Crippen LogP contribution in [0.5, 0.6) is 0 Å². The van der Waals surface area contributed by atoms with Crippen LogP contribution in [0.1, 0.15) is 0 Å². The van der Waals surface area contributed by atoms with Crippen molar-refractivity contribution in [2.75, 3.05) is 19.6 Å². The van der Waals surface area contributed by atoms with Crippen LogP contribution in [-0.4, -0.2) is 59.9 Å². The Morgan fingerprint density at radius 2 is 1.44 bits per heavy atom. The molecule has 2 amide bonds. The first-order chi connectivity index (χ1) is 8.33. The molecule has 0 spiro atoms. The Bertz CT molecular complexity index is 329. The molecule has 0 bridgehead atoms. The number of aliphatic carboxylic acids is 2. The van der Waals surface area contributed by atoms with E-state index in [2.05, 4.69) is 5.32 Å². The number of aldehydes is 1. The fourth-order valence-electron chi connectivity index (χ4n) is 0.451. The molecule has 0 unspecified atom stereocenters. The van der Waals surface area contributed by atoms with Gasteiger partial charge in [0.2, 0.25) is 12.2 Å². The van der Waals surface area contributed by atoms with Gasteiger partial charge in [-0.2, -0.15) is 0 Å². The van der Waals surface area contributed by atoms with Gasteiger partial charge in [0.05, 0.1) is 6.54 Å². The van der Waals surface area contributed by atoms with E-state index in [1.54, 1.807) is 0 Å². The standard InChI is InChI=1S/C4H8N2O3.C4H5NO4/c5-1-3(7)6-2-4(8)9;6-2-3(7)5-1-4(8)9/h1-2,5H2,(H,6,7)(H,8,9);2H,1H2,(H,5,7)(H,8,9). The molecule has 0 aliphatic heterocycles. The summed E-state index contributed by atoms with van der Waals surface area (Å²) in [6.45, 7) is -1.05. The summed E-state index contributed by atoms with van der Waals surface area (Å²) in [5.74, 6) is -3.63. The predicted molar refractivity (Wildman–Crippen MR) is 56.4 cm³/mol. The number of carbonyl (C=O) groups is 5. The summed E-state index contributed by atoms with van der Waals surface area (Å²) in [7, 11) is 0. The SMILES string of the molecule is NCC(=O)NCC(=O)O.O=CC(=O)NCC(=O)O. The Labute approximate surface area is 101 Å². The zero-order chi connectivity index (χ0) is 14.6. The molecule has 0 saturated heterocycles. The summed E-state index contributed by atoms with van der Waals surface area (Å²) in [5, 5.41) is 19.8. The van der Waals surface area contributed by atoms with Crippen LogP contribution in [-0.2, 0) is 24.0 Å². The molecule has 0 saturated carbocycles. The molecule has 0 aromatic heterocycles. The van der Waals surface area contributed by atoms with E-state index < -0.39 is 30.3 Å². The number of amides is 2. The first kappa shape index (κ1) is 17.9. The average Bonchev–Trinajstić information content (AvgIpc) is 2.33. The van der Waals surface area contributed by atoms with Gasteiger partial charge in [-0.3, -0.25) is 24.0 Å². The summed E-state index contributed by atoms with van der Waals surface area (Å²) in [6, 6.07) is 0. The van der Waals surface area contributed by atoms with Crippen LogP contribution in [0.3, 0.4) is 0 Å². The van der Waals surface area contributed by atoms with E-state index in [4.69, 9.17) is 15.9 Å². The highest BCUT2D eigenvalue weighted by atomic mass is 16.4. The van der Waals surface area contributed by atoms with Crippen LogP contribution in [0, 0.1) is 0 Å². The summed E-state index contributed by atoms with van der Waals surface area (Å²) in [6.07, 6.45) is 0.0168. The van der Waals surface area contributed by atoms with E-state index in [1.165, 1.54) is 0 Å². The molecule has 0 rings (SSSR count). The lowest BCUT2D eigenvalue weighted by molar-refractivity contribution is -0.139. The van der Waals surface area contributed by atoms with Crippen LogP contribution in [0.25, 0.3) is 0 Å². The van der Waals surface area contributed by atoms with E-state index in [1.807, 2.05) is 5.32 Å². The Morgan fingerprint density at radius 1 is 1.00 bits per heavy atom. The molecule has 6 N–H and O–H groups in total. The van der Waals surface area contributed by atoms with Gasteiger partial charge in [-0.1, -0.05) is 0 Å². The average molecular weight is 263 g/mol. The minimum absolute atomic E-state index is 0.0168. The molecule has 10 heteroatoms. The minimum atomic E-state index is -1.18. The van der Waals surface area contributed by atoms with Crippen molar-refractivity contribution in [3.8, 4) is 0 Å². The Kier molecular flexibility index (Phi) is 10.9. The Balaban J connectivity index is 0. The molecule has 0 fully saturated rings. The molecule has 0 aliphatic rings.